The smallest absolute Gasteiger partial charge is 0.169 e. The molecule has 0 aliphatic rings. The van der Waals surface area contributed by atoms with Crippen LogP contribution in [0, 0.1) is 0 Å². The molecular formula is C15H15NO2. The second-order valence-electron chi connectivity index (χ2n) is 4.20. The summed E-state index contributed by atoms with van der Waals surface area (Å²) in [6, 6.07) is 13.5. The maximum atomic E-state index is 10.6. The molecule has 18 heavy (non-hydrogen) atoms. The van der Waals surface area contributed by atoms with Gasteiger partial charge in [0.05, 0.1) is 5.97 Å². The summed E-state index contributed by atoms with van der Waals surface area (Å²) < 4.78 is 1.98. The van der Waals surface area contributed by atoms with E-state index in [1.54, 1.807) is 24.5 Å². The number of nitrogens with zero attached hydrogens (tertiary/aromatic N) is 1. The lowest BCUT2D eigenvalue weighted by molar-refractivity contribution is -0.697. The van der Waals surface area contributed by atoms with Crippen LogP contribution in [0.5, 0.6) is 0 Å². The Kier molecular flexibility index (Phi) is 4.07. The fourth-order valence-electron chi connectivity index (χ4n) is 1.85. The number of carboxylic acid groups (broad SMARTS) is 1. The van der Waals surface area contributed by atoms with E-state index in [0.29, 0.717) is 0 Å². The van der Waals surface area contributed by atoms with Gasteiger partial charge in [0.1, 0.15) is 6.54 Å². The zero-order valence-corrected chi connectivity index (χ0v) is 10.1. The van der Waals surface area contributed by atoms with Crippen molar-refractivity contribution in [1.29, 1.82) is 0 Å². The highest BCUT2D eigenvalue weighted by molar-refractivity contribution is 5.85. The van der Waals surface area contributed by atoms with E-state index in [2.05, 4.69) is 12.1 Å². The minimum Gasteiger partial charge on any atom is -0.545 e. The molecule has 0 N–H and O–H groups in total. The van der Waals surface area contributed by atoms with E-state index in [0.717, 1.165) is 19.4 Å². The van der Waals surface area contributed by atoms with Gasteiger partial charge in [-0.3, -0.25) is 0 Å². The van der Waals surface area contributed by atoms with Gasteiger partial charge >= 0.3 is 0 Å². The van der Waals surface area contributed by atoms with Gasteiger partial charge in [-0.25, -0.2) is 4.57 Å². The molecule has 3 nitrogen and oxygen atoms in total. The Labute approximate surface area is 106 Å². The van der Waals surface area contributed by atoms with Crippen LogP contribution in [-0.2, 0) is 13.0 Å². The first-order valence-electron chi connectivity index (χ1n) is 6.00. The normalized spacial score (nSPS) is 10.2. The molecule has 2 rings (SSSR count). The molecule has 1 heterocycles. The van der Waals surface area contributed by atoms with E-state index in [9.17, 15) is 9.90 Å². The van der Waals surface area contributed by atoms with Gasteiger partial charge in [-0.1, -0.05) is 30.3 Å². The highest BCUT2D eigenvalue weighted by atomic mass is 16.4. The SMILES string of the molecule is O=C([O-])c1cc[n+](CCCc2ccccc2)cc1. The average molecular weight is 241 g/mol. The topological polar surface area (TPSA) is 44.0 Å². The van der Waals surface area contributed by atoms with Crippen molar-refractivity contribution in [1.82, 2.24) is 0 Å². The van der Waals surface area contributed by atoms with Crippen LogP contribution in [0.3, 0.4) is 0 Å². The zero-order valence-electron chi connectivity index (χ0n) is 10.1. The molecule has 0 radical (unpaired) electrons. The molecular weight excluding hydrogens is 226 g/mol. The number of carbonyl (C=O) groups excluding carboxylic acids is 1. The van der Waals surface area contributed by atoms with Gasteiger partial charge in [0.2, 0.25) is 0 Å². The maximum Gasteiger partial charge on any atom is 0.169 e. The second-order valence-corrected chi connectivity index (χ2v) is 4.20. The minimum absolute atomic E-state index is 0.217. The van der Waals surface area contributed by atoms with E-state index in [1.807, 2.05) is 22.8 Å². The molecule has 0 fully saturated rings. The molecule has 2 aromatic rings. The molecule has 0 amide bonds. The van der Waals surface area contributed by atoms with Gasteiger partial charge < -0.3 is 9.90 Å². The zero-order chi connectivity index (χ0) is 12.8. The van der Waals surface area contributed by atoms with Crippen molar-refractivity contribution in [2.45, 2.75) is 19.4 Å². The lowest BCUT2D eigenvalue weighted by Gasteiger charge is -2.01. The Bertz CT molecular complexity index is 506. The first-order valence-corrected chi connectivity index (χ1v) is 6.00. The highest BCUT2D eigenvalue weighted by Crippen LogP contribution is 2.02. The van der Waals surface area contributed by atoms with Crippen LogP contribution < -0.4 is 9.67 Å². The summed E-state index contributed by atoms with van der Waals surface area (Å²) in [5.74, 6) is -1.13. The van der Waals surface area contributed by atoms with Crippen LogP contribution in [0.15, 0.2) is 54.9 Å². The molecule has 1 aromatic heterocycles. The Morgan fingerprint density at radius 3 is 2.33 bits per heavy atom. The molecule has 0 bridgehead atoms. The van der Waals surface area contributed by atoms with E-state index in [4.69, 9.17) is 0 Å². The fraction of sp³-hybridized carbons (Fsp3) is 0.200. The summed E-state index contributed by atoms with van der Waals surface area (Å²) in [5, 5.41) is 10.6. The molecule has 92 valence electrons. The van der Waals surface area contributed by atoms with Gasteiger partial charge in [-0.15, -0.1) is 0 Å². The third kappa shape index (κ3) is 3.42. The van der Waals surface area contributed by atoms with E-state index in [1.165, 1.54) is 5.56 Å². The Morgan fingerprint density at radius 1 is 1.06 bits per heavy atom. The van der Waals surface area contributed by atoms with Gasteiger partial charge in [-0.2, -0.15) is 0 Å². The summed E-state index contributed by atoms with van der Waals surface area (Å²) >= 11 is 0. The molecule has 0 atom stereocenters. The number of hydrogen-bond donors (Lipinski definition) is 0. The molecule has 0 aliphatic carbocycles. The van der Waals surface area contributed by atoms with Crippen LogP contribution >= 0.6 is 0 Å². The largest absolute Gasteiger partial charge is 0.545 e. The van der Waals surface area contributed by atoms with Gasteiger partial charge in [-0.05, 0) is 12.0 Å². The summed E-state index contributed by atoms with van der Waals surface area (Å²) in [5.41, 5.74) is 1.54. The van der Waals surface area contributed by atoms with Crippen LogP contribution in [0.25, 0.3) is 0 Å². The monoisotopic (exact) mass is 241 g/mol. The van der Waals surface area contributed by atoms with E-state index in [-0.39, 0.29) is 5.56 Å². The number of benzene rings is 1. The van der Waals surface area contributed by atoms with Crippen molar-refractivity contribution >= 4 is 5.97 Å². The van der Waals surface area contributed by atoms with Gasteiger partial charge in [0.25, 0.3) is 0 Å². The first-order chi connectivity index (χ1) is 8.75. The lowest BCUT2D eigenvalue weighted by Crippen LogP contribution is -2.34. The number of aromatic nitrogens is 1. The number of rotatable bonds is 5. The Hall–Kier alpha value is -2.16. The van der Waals surface area contributed by atoms with Crippen LogP contribution in [-0.4, -0.2) is 5.97 Å². The van der Waals surface area contributed by atoms with Crippen molar-refractivity contribution < 1.29 is 14.5 Å². The van der Waals surface area contributed by atoms with Crippen molar-refractivity contribution in [2.75, 3.05) is 0 Å². The molecule has 3 heteroatoms. The van der Waals surface area contributed by atoms with Crippen molar-refractivity contribution in [3.63, 3.8) is 0 Å². The minimum atomic E-state index is -1.13. The van der Waals surface area contributed by atoms with Crippen molar-refractivity contribution in [2.24, 2.45) is 0 Å². The van der Waals surface area contributed by atoms with Crippen LogP contribution in [0.1, 0.15) is 22.3 Å². The maximum absolute atomic E-state index is 10.6. The summed E-state index contributed by atoms with van der Waals surface area (Å²) in [7, 11) is 0. The van der Waals surface area contributed by atoms with Gasteiger partial charge in [0.15, 0.2) is 12.4 Å². The summed E-state index contributed by atoms with van der Waals surface area (Å²) in [4.78, 5) is 10.6. The lowest BCUT2D eigenvalue weighted by atomic mass is 10.1. The molecule has 0 spiro atoms. The van der Waals surface area contributed by atoms with Crippen LogP contribution in [0.2, 0.25) is 0 Å². The molecule has 0 unspecified atom stereocenters. The molecule has 0 saturated heterocycles. The van der Waals surface area contributed by atoms with E-state index >= 15 is 0 Å². The number of aromatic carboxylic acids is 1. The number of hydrogen-bond acceptors (Lipinski definition) is 2. The predicted molar refractivity (Wildman–Crippen MR) is 65.7 cm³/mol. The number of aryl methyl sites for hydroxylation is 2. The van der Waals surface area contributed by atoms with Crippen molar-refractivity contribution in [3.05, 3.63) is 66.0 Å². The van der Waals surface area contributed by atoms with Crippen LogP contribution in [0.4, 0.5) is 0 Å². The third-order valence-corrected chi connectivity index (χ3v) is 2.85. The Morgan fingerprint density at radius 2 is 1.72 bits per heavy atom. The summed E-state index contributed by atoms with van der Waals surface area (Å²) in [6.07, 6.45) is 5.60. The quantitative estimate of drug-likeness (QED) is 0.732. The standard InChI is InChI=1S/C15H15NO2/c17-15(18)14-8-11-16(12-9-14)10-4-7-13-5-2-1-3-6-13/h1-3,5-6,8-9,11-12H,4,7,10H2. The molecule has 0 aliphatic heterocycles. The summed E-state index contributed by atoms with van der Waals surface area (Å²) in [6.45, 7) is 0.877. The van der Waals surface area contributed by atoms with E-state index < -0.39 is 5.97 Å². The first kappa shape index (κ1) is 12.3. The molecule has 0 saturated carbocycles. The molecule has 1 aromatic carbocycles. The number of pyridine rings is 1. The number of carboxylic acids is 1. The fourth-order valence-corrected chi connectivity index (χ4v) is 1.85. The van der Waals surface area contributed by atoms with Gasteiger partial charge in [0, 0.05) is 24.1 Å². The average Bonchev–Trinajstić information content (AvgIpc) is 2.40. The number of carbonyl (C=O) groups is 1. The highest BCUT2D eigenvalue weighted by Gasteiger charge is 2.01. The van der Waals surface area contributed by atoms with Crippen molar-refractivity contribution in [3.8, 4) is 0 Å². The predicted octanol–water partition coefficient (Wildman–Crippen LogP) is 0.970. The second kappa shape index (κ2) is 5.96. The Balaban J connectivity index is 1.85. The third-order valence-electron chi connectivity index (χ3n) is 2.85.